The number of esters is 1. The van der Waals surface area contributed by atoms with Crippen molar-refractivity contribution < 1.29 is 51.5 Å². The summed E-state index contributed by atoms with van der Waals surface area (Å²) in [5.41, 5.74) is 0.0149. The predicted octanol–water partition coefficient (Wildman–Crippen LogP) is 1.06. The van der Waals surface area contributed by atoms with Crippen LogP contribution < -0.4 is 16.0 Å². The van der Waals surface area contributed by atoms with Gasteiger partial charge < -0.3 is 35.4 Å². The molecule has 0 spiro atoms. The van der Waals surface area contributed by atoms with Gasteiger partial charge in [0.1, 0.15) is 60.7 Å². The molecule has 3 heterocycles. The number of alkyl halides is 1. The largest absolute Gasteiger partial charge is 0.461 e. The van der Waals surface area contributed by atoms with Crippen molar-refractivity contribution in [1.29, 1.82) is 0 Å². The van der Waals surface area contributed by atoms with Crippen molar-refractivity contribution in [2.45, 2.75) is 108 Å². The molecule has 1 aromatic rings. The number of cyclic esters (lactones) is 1. The number of amides is 6. The van der Waals surface area contributed by atoms with Crippen LogP contribution in [0.4, 0.5) is 13.2 Å². The predicted molar refractivity (Wildman–Crippen MR) is 183 cm³/mol. The molecule has 0 aromatic heterocycles. The van der Waals surface area contributed by atoms with E-state index in [1.165, 1.54) is 31.9 Å². The number of carbonyl (C=O) groups is 7. The highest BCUT2D eigenvalue weighted by Crippen LogP contribution is 2.25. The highest BCUT2D eigenvalue weighted by Gasteiger charge is 2.45. The van der Waals surface area contributed by atoms with Crippen molar-refractivity contribution in [3.05, 3.63) is 47.5 Å². The van der Waals surface area contributed by atoms with E-state index < -0.39 is 121 Å². The minimum absolute atomic E-state index is 0.0149. The third-order valence-electron chi connectivity index (χ3n) is 9.66. The van der Waals surface area contributed by atoms with Gasteiger partial charge >= 0.3 is 5.97 Å². The number of halogens is 3. The van der Waals surface area contributed by atoms with Gasteiger partial charge in [-0.15, -0.1) is 0 Å². The van der Waals surface area contributed by atoms with Crippen molar-refractivity contribution in [2.24, 2.45) is 0 Å². The molecule has 290 valence electrons. The van der Waals surface area contributed by atoms with Gasteiger partial charge in [0.15, 0.2) is 0 Å². The number of benzene rings is 1. The van der Waals surface area contributed by atoms with E-state index in [1.54, 1.807) is 6.08 Å². The number of fused-ring (bicyclic) bond motifs is 2. The van der Waals surface area contributed by atoms with Crippen molar-refractivity contribution in [2.75, 3.05) is 26.7 Å². The molecule has 6 amide bonds. The zero-order valence-corrected chi connectivity index (χ0v) is 30.2. The summed E-state index contributed by atoms with van der Waals surface area (Å²) in [5.74, 6) is -7.49. The molecule has 3 aliphatic heterocycles. The summed E-state index contributed by atoms with van der Waals surface area (Å²) < 4.78 is 48.3. The first-order valence-corrected chi connectivity index (χ1v) is 17.8. The van der Waals surface area contributed by atoms with Crippen LogP contribution in [0.25, 0.3) is 0 Å². The lowest BCUT2D eigenvalue weighted by Crippen LogP contribution is -2.60. The summed E-state index contributed by atoms with van der Waals surface area (Å²) >= 11 is 0. The van der Waals surface area contributed by atoms with Crippen LogP contribution in [0, 0.1) is 11.6 Å². The van der Waals surface area contributed by atoms with Crippen molar-refractivity contribution in [1.82, 2.24) is 30.7 Å². The molecule has 0 aliphatic carbocycles. The van der Waals surface area contributed by atoms with Crippen LogP contribution in [0.3, 0.4) is 0 Å². The van der Waals surface area contributed by atoms with Gasteiger partial charge in [-0.2, -0.15) is 0 Å². The van der Waals surface area contributed by atoms with Gasteiger partial charge in [0, 0.05) is 32.5 Å². The minimum atomic E-state index is -1.66. The van der Waals surface area contributed by atoms with E-state index >= 15 is 0 Å². The summed E-state index contributed by atoms with van der Waals surface area (Å²) in [6.07, 6.45) is 3.25. The molecular formula is C36H47F3N6O8. The van der Waals surface area contributed by atoms with E-state index in [2.05, 4.69) is 16.0 Å². The normalized spacial score (nSPS) is 26.6. The Kier molecular flexibility index (Phi) is 14.0. The number of unbranched alkanes of at least 4 members (excludes halogenated alkanes) is 2. The first-order valence-electron chi connectivity index (χ1n) is 17.8. The van der Waals surface area contributed by atoms with E-state index in [0.717, 1.165) is 34.8 Å². The molecule has 7 atom stereocenters. The average molecular weight is 749 g/mol. The monoisotopic (exact) mass is 748 g/mol. The van der Waals surface area contributed by atoms with Crippen molar-refractivity contribution in [3.8, 4) is 0 Å². The van der Waals surface area contributed by atoms with E-state index in [-0.39, 0.29) is 18.5 Å². The fourth-order valence-electron chi connectivity index (χ4n) is 6.60. The van der Waals surface area contributed by atoms with Crippen molar-refractivity contribution in [3.63, 3.8) is 0 Å². The maximum atomic E-state index is 14.7. The molecule has 1 aromatic carbocycles. The van der Waals surface area contributed by atoms with Crippen LogP contribution in [0.2, 0.25) is 0 Å². The van der Waals surface area contributed by atoms with E-state index in [4.69, 9.17) is 4.74 Å². The third kappa shape index (κ3) is 10.3. The van der Waals surface area contributed by atoms with Crippen molar-refractivity contribution >= 4 is 41.4 Å². The van der Waals surface area contributed by atoms with Crippen LogP contribution in [0.5, 0.6) is 0 Å². The summed E-state index contributed by atoms with van der Waals surface area (Å²) in [6, 6.07) is -5.31. The molecule has 3 N–H and O–H groups in total. The van der Waals surface area contributed by atoms with E-state index in [0.29, 0.717) is 18.9 Å². The molecule has 0 bridgehead atoms. The molecule has 17 heteroatoms. The van der Waals surface area contributed by atoms with Gasteiger partial charge in [0.05, 0.1) is 6.54 Å². The lowest BCUT2D eigenvalue weighted by Gasteiger charge is -2.34. The topological polar surface area (TPSA) is 175 Å². The molecule has 14 nitrogen and oxygen atoms in total. The molecule has 53 heavy (non-hydrogen) atoms. The highest BCUT2D eigenvalue weighted by molar-refractivity contribution is 5.98. The number of rotatable bonds is 9. The van der Waals surface area contributed by atoms with Crippen LogP contribution in [-0.4, -0.2) is 125 Å². The number of nitrogens with one attached hydrogen (secondary N) is 3. The van der Waals surface area contributed by atoms with Gasteiger partial charge in [-0.3, -0.25) is 28.8 Å². The molecule has 4 rings (SSSR count). The van der Waals surface area contributed by atoms with E-state index in [9.17, 15) is 46.7 Å². The fourth-order valence-corrected chi connectivity index (χ4v) is 6.60. The standard InChI is InChI=1S/C36H47F3N6O8/c1-5-6-7-8-11-30(46)41-26(15-22-13-23(37)16-24(38)14-22)32(48)42-27-19-53-36(52)29-17-25(39)18-45(29)33(49)20(2)40-31(47)21(3)43(4)35(51)28-10-9-12-44(28)34(27)50/h8,11,13-14,16,20-21,25-29H,5-7,9-10,12,15,17-19H2,1-4H3,(H,40,47)(H,41,46)(H,42,48)/b11-8+/t20-,21-,25-,26-,27-,28-,29-/m0/s1. The molecular weight excluding hydrogens is 701 g/mol. The Hall–Kier alpha value is -4.96. The average Bonchev–Trinajstić information content (AvgIpc) is 3.76. The Labute approximate surface area is 305 Å². The van der Waals surface area contributed by atoms with Crippen LogP contribution in [0.15, 0.2) is 30.4 Å². The van der Waals surface area contributed by atoms with Gasteiger partial charge in [0.25, 0.3) is 0 Å². The molecule has 3 saturated heterocycles. The fraction of sp³-hybridized carbons (Fsp3) is 0.583. The molecule has 0 unspecified atom stereocenters. The summed E-state index contributed by atoms with van der Waals surface area (Å²) in [6.45, 7) is 3.57. The zero-order valence-electron chi connectivity index (χ0n) is 30.2. The highest BCUT2D eigenvalue weighted by atomic mass is 19.1. The Balaban J connectivity index is 1.68. The number of allylic oxidation sites excluding steroid dienone is 1. The van der Waals surface area contributed by atoms with Crippen LogP contribution in [-0.2, 0) is 44.7 Å². The maximum Gasteiger partial charge on any atom is 0.329 e. The molecule has 0 saturated carbocycles. The smallest absolute Gasteiger partial charge is 0.329 e. The van der Waals surface area contributed by atoms with E-state index in [1.807, 2.05) is 6.92 Å². The lowest BCUT2D eigenvalue weighted by molar-refractivity contribution is -0.158. The number of carbonyl (C=O) groups excluding carboxylic acids is 7. The SMILES string of the molecule is CCCC/C=C/C(=O)N[C@@H](Cc1cc(F)cc(F)c1)C(=O)N[C@H]1COC(=O)[C@@H]2C[C@H](F)CN2C(=O)[C@H](C)NC(=O)[C@H](C)N(C)C(=O)[C@@H]2CCCN2C1=O. The Bertz CT molecular complexity index is 1590. The number of likely N-dealkylation sites (N-methyl/N-ethyl adjacent to an activating group) is 1. The second-order valence-corrected chi connectivity index (χ2v) is 13.7. The first kappa shape index (κ1) is 40.8. The summed E-state index contributed by atoms with van der Waals surface area (Å²) in [7, 11) is 1.37. The number of hydrogen-bond acceptors (Lipinski definition) is 8. The molecule has 3 aliphatic rings. The Morgan fingerprint density at radius 1 is 1.02 bits per heavy atom. The molecule has 3 fully saturated rings. The number of nitrogens with zero attached hydrogens (tertiary/aromatic N) is 3. The minimum Gasteiger partial charge on any atom is -0.461 e. The number of ether oxygens (including phenoxy) is 1. The second kappa shape index (κ2) is 18.2. The lowest BCUT2D eigenvalue weighted by atomic mass is 10.0. The van der Waals surface area contributed by atoms with Crippen LogP contribution in [0.1, 0.15) is 64.9 Å². The Morgan fingerprint density at radius 3 is 2.40 bits per heavy atom. The quantitative estimate of drug-likeness (QED) is 0.191. The third-order valence-corrected chi connectivity index (χ3v) is 9.66. The summed E-state index contributed by atoms with van der Waals surface area (Å²) in [4.78, 5) is 97.7. The van der Waals surface area contributed by atoms with Gasteiger partial charge in [0.2, 0.25) is 35.4 Å². The van der Waals surface area contributed by atoms with Crippen LogP contribution >= 0.6 is 0 Å². The zero-order chi connectivity index (χ0) is 39.0. The second-order valence-electron chi connectivity index (χ2n) is 13.7. The summed E-state index contributed by atoms with van der Waals surface area (Å²) in [5, 5.41) is 7.50. The Morgan fingerprint density at radius 2 is 1.72 bits per heavy atom. The first-order chi connectivity index (χ1) is 25.1. The van der Waals surface area contributed by atoms with Gasteiger partial charge in [-0.25, -0.2) is 18.0 Å². The van der Waals surface area contributed by atoms with Gasteiger partial charge in [-0.05, 0) is 56.9 Å². The number of hydrogen-bond donors (Lipinski definition) is 3. The maximum absolute atomic E-state index is 14.7. The van der Waals surface area contributed by atoms with Gasteiger partial charge in [-0.1, -0.05) is 25.8 Å². The molecule has 0 radical (unpaired) electrons.